The summed E-state index contributed by atoms with van der Waals surface area (Å²) in [6.45, 7) is 6.06. The first kappa shape index (κ1) is 30.9. The molecule has 236 valence electrons. The van der Waals surface area contributed by atoms with Crippen LogP contribution in [0.25, 0.3) is 40.1 Å². The molecule has 0 saturated carbocycles. The van der Waals surface area contributed by atoms with E-state index in [0.717, 1.165) is 11.3 Å². The Morgan fingerprint density at radius 3 is 2.53 bits per heavy atom. The number of hydrogen-bond acceptors (Lipinski definition) is 10. The van der Waals surface area contributed by atoms with Crippen LogP contribution in [0.1, 0.15) is 23.9 Å². The second-order valence-corrected chi connectivity index (χ2v) is 11.0. The fraction of sp³-hybridized carbons (Fsp3) is 0.118. The van der Waals surface area contributed by atoms with E-state index in [1.165, 1.54) is 21.9 Å². The molecule has 12 nitrogen and oxygen atoms in total. The van der Waals surface area contributed by atoms with Gasteiger partial charge in [-0.25, -0.2) is 4.68 Å². The van der Waals surface area contributed by atoms with Crippen LogP contribution in [0.3, 0.4) is 0 Å². The van der Waals surface area contributed by atoms with Crippen LogP contribution in [0.15, 0.2) is 90.4 Å². The molecule has 3 aromatic carbocycles. The number of hydrogen-bond donors (Lipinski definition) is 0. The molecule has 3 heterocycles. The van der Waals surface area contributed by atoms with Crippen molar-refractivity contribution in [2.24, 2.45) is 0 Å². The summed E-state index contributed by atoms with van der Waals surface area (Å²) in [5, 5.41) is 21.0. The van der Waals surface area contributed by atoms with Gasteiger partial charge in [0.05, 0.1) is 28.9 Å². The number of para-hydroxylation sites is 1. The molecule has 0 saturated heterocycles. The predicted molar refractivity (Wildman–Crippen MR) is 180 cm³/mol. The lowest BCUT2D eigenvalue weighted by Crippen LogP contribution is -2.23. The fourth-order valence-corrected chi connectivity index (χ4v) is 5.71. The Bertz CT molecular complexity index is 2240. The lowest BCUT2D eigenvalue weighted by atomic mass is 10.1. The lowest BCUT2D eigenvalue weighted by Gasteiger charge is -2.09. The minimum absolute atomic E-state index is 0.167. The smallest absolute Gasteiger partial charge is 0.311 e. The summed E-state index contributed by atoms with van der Waals surface area (Å²) in [6.07, 6.45) is 8.66. The van der Waals surface area contributed by atoms with Crippen LogP contribution in [-0.2, 0) is 0 Å². The number of methoxy groups -OCH3 is 1. The normalized spacial score (nSPS) is 11.7. The Hall–Kier alpha value is -6.08. The van der Waals surface area contributed by atoms with Crippen LogP contribution in [0.4, 0.5) is 5.69 Å². The molecule has 0 spiro atoms. The Labute approximate surface area is 272 Å². The van der Waals surface area contributed by atoms with Gasteiger partial charge in [-0.2, -0.15) is 14.6 Å². The van der Waals surface area contributed by atoms with Gasteiger partial charge in [0.15, 0.2) is 23.1 Å². The van der Waals surface area contributed by atoms with Crippen molar-refractivity contribution >= 4 is 40.2 Å². The van der Waals surface area contributed by atoms with Gasteiger partial charge in [0.2, 0.25) is 4.96 Å². The van der Waals surface area contributed by atoms with Crippen LogP contribution in [0, 0.1) is 10.1 Å². The summed E-state index contributed by atoms with van der Waals surface area (Å²) in [5.41, 5.74) is 2.63. The number of nitro benzene ring substituents is 1. The Kier molecular flexibility index (Phi) is 8.88. The monoisotopic (exact) mass is 648 g/mol. The SMILES string of the molecule is C=CCOc1ccc(/C=C/c2nc3s/c(=C\c4cn(-c5ccccc5)nc4-c4ccc(OCC)c([N+](=O)[O-])c4)c(=O)n3n2)cc1OC. The Morgan fingerprint density at radius 2 is 1.81 bits per heavy atom. The molecule has 6 aromatic rings. The molecule has 0 unspecified atom stereocenters. The molecule has 0 aliphatic carbocycles. The van der Waals surface area contributed by atoms with E-state index >= 15 is 0 Å². The van der Waals surface area contributed by atoms with Crippen molar-refractivity contribution in [2.75, 3.05) is 20.3 Å². The topological polar surface area (TPSA) is 136 Å². The molecule has 0 aliphatic rings. The minimum atomic E-state index is -0.488. The molecule has 0 aliphatic heterocycles. The highest BCUT2D eigenvalue weighted by atomic mass is 32.1. The summed E-state index contributed by atoms with van der Waals surface area (Å²) in [7, 11) is 1.57. The third-order valence-corrected chi connectivity index (χ3v) is 7.91. The summed E-state index contributed by atoms with van der Waals surface area (Å²) < 4.78 is 19.8. The maximum absolute atomic E-state index is 13.5. The number of fused-ring (bicyclic) bond motifs is 1. The first-order chi connectivity index (χ1) is 22.9. The zero-order chi connectivity index (χ0) is 32.9. The summed E-state index contributed by atoms with van der Waals surface area (Å²) in [4.78, 5) is 29.8. The number of nitrogens with zero attached hydrogens (tertiary/aromatic N) is 6. The molecular formula is C34H28N6O6S. The van der Waals surface area contributed by atoms with Gasteiger partial charge in [-0.3, -0.25) is 14.9 Å². The highest BCUT2D eigenvalue weighted by Crippen LogP contribution is 2.34. The number of nitro groups is 1. The van der Waals surface area contributed by atoms with Crippen LogP contribution in [0.2, 0.25) is 0 Å². The van der Waals surface area contributed by atoms with E-state index in [4.69, 9.17) is 19.3 Å². The summed E-state index contributed by atoms with van der Waals surface area (Å²) in [6, 6.07) is 19.6. The van der Waals surface area contributed by atoms with Crippen molar-refractivity contribution < 1.29 is 19.1 Å². The zero-order valence-electron chi connectivity index (χ0n) is 25.4. The molecule has 0 amide bonds. The second kappa shape index (κ2) is 13.5. The van der Waals surface area contributed by atoms with Crippen LogP contribution in [0.5, 0.6) is 17.2 Å². The maximum atomic E-state index is 13.5. The average Bonchev–Trinajstić information content (AvgIpc) is 3.78. The lowest BCUT2D eigenvalue weighted by molar-refractivity contribution is -0.385. The first-order valence-electron chi connectivity index (χ1n) is 14.5. The van der Waals surface area contributed by atoms with Gasteiger partial charge in [-0.1, -0.05) is 54.3 Å². The molecule has 3 aromatic heterocycles. The molecule has 0 bridgehead atoms. The van der Waals surface area contributed by atoms with Crippen LogP contribution in [-0.4, -0.2) is 49.6 Å². The summed E-state index contributed by atoms with van der Waals surface area (Å²) >= 11 is 1.18. The fourth-order valence-electron chi connectivity index (χ4n) is 4.80. The maximum Gasteiger partial charge on any atom is 0.311 e. The van der Waals surface area contributed by atoms with E-state index in [-0.39, 0.29) is 23.6 Å². The van der Waals surface area contributed by atoms with Crippen molar-refractivity contribution in [1.82, 2.24) is 24.4 Å². The highest BCUT2D eigenvalue weighted by molar-refractivity contribution is 7.15. The van der Waals surface area contributed by atoms with E-state index in [2.05, 4.69) is 16.7 Å². The number of thiazole rings is 1. The van der Waals surface area contributed by atoms with Crippen molar-refractivity contribution in [2.45, 2.75) is 6.92 Å². The largest absolute Gasteiger partial charge is 0.493 e. The van der Waals surface area contributed by atoms with Crippen molar-refractivity contribution in [3.63, 3.8) is 0 Å². The number of benzene rings is 3. The van der Waals surface area contributed by atoms with Gasteiger partial charge < -0.3 is 14.2 Å². The van der Waals surface area contributed by atoms with Crippen molar-refractivity contribution in [3.05, 3.63) is 128 Å². The van der Waals surface area contributed by atoms with E-state index in [0.29, 0.717) is 50.2 Å². The molecule has 0 atom stereocenters. The third-order valence-electron chi connectivity index (χ3n) is 6.95. The second-order valence-electron chi connectivity index (χ2n) is 10.0. The van der Waals surface area contributed by atoms with Gasteiger partial charge in [0, 0.05) is 23.4 Å². The molecular weight excluding hydrogens is 620 g/mol. The number of aromatic nitrogens is 5. The van der Waals surface area contributed by atoms with Crippen molar-refractivity contribution in [3.8, 4) is 34.2 Å². The molecule has 0 N–H and O–H groups in total. The quantitative estimate of drug-likeness (QED) is 0.0943. The molecule has 47 heavy (non-hydrogen) atoms. The molecule has 0 radical (unpaired) electrons. The van der Waals surface area contributed by atoms with E-state index in [1.807, 2.05) is 48.5 Å². The average molecular weight is 649 g/mol. The Balaban J connectivity index is 1.37. The van der Waals surface area contributed by atoms with E-state index in [1.54, 1.807) is 61.3 Å². The van der Waals surface area contributed by atoms with E-state index in [9.17, 15) is 14.9 Å². The van der Waals surface area contributed by atoms with Crippen molar-refractivity contribution in [1.29, 1.82) is 0 Å². The van der Waals surface area contributed by atoms with Gasteiger partial charge in [0.25, 0.3) is 5.56 Å². The van der Waals surface area contributed by atoms with E-state index < -0.39 is 4.92 Å². The number of ether oxygens (including phenoxy) is 3. The first-order valence-corrected chi connectivity index (χ1v) is 15.3. The van der Waals surface area contributed by atoms with Gasteiger partial charge in [-0.05, 0) is 61.0 Å². The minimum Gasteiger partial charge on any atom is -0.493 e. The van der Waals surface area contributed by atoms with Gasteiger partial charge >= 0.3 is 5.69 Å². The van der Waals surface area contributed by atoms with Crippen LogP contribution < -0.4 is 24.3 Å². The zero-order valence-corrected chi connectivity index (χ0v) is 26.2. The standard InChI is InChI=1S/C34H28N6O6S/c1-4-17-46-28-14-11-22(18-29(28)44-3)12-16-31-35-34-39(36-31)33(41)30(47-34)20-24-21-38(25-9-7-6-8-10-25)37-32(24)23-13-15-27(45-5-2)26(19-23)40(42)43/h4,6-16,18-21H,1,5,17H2,2-3H3/b16-12+,30-20-. The predicted octanol–water partition coefficient (Wildman–Crippen LogP) is 5.60. The van der Waals surface area contributed by atoms with Crippen LogP contribution >= 0.6 is 11.3 Å². The third kappa shape index (κ3) is 6.51. The Morgan fingerprint density at radius 1 is 1.00 bits per heavy atom. The molecule has 13 heteroatoms. The van der Waals surface area contributed by atoms with Gasteiger partial charge in [0.1, 0.15) is 12.3 Å². The molecule has 0 fully saturated rings. The number of rotatable bonds is 12. The highest BCUT2D eigenvalue weighted by Gasteiger charge is 2.20. The van der Waals surface area contributed by atoms with Gasteiger partial charge in [-0.15, -0.1) is 5.10 Å². The summed E-state index contributed by atoms with van der Waals surface area (Å²) in [5.74, 6) is 1.71. The molecule has 6 rings (SSSR count).